The van der Waals surface area contributed by atoms with Crippen LogP contribution in [0.1, 0.15) is 20.9 Å². The van der Waals surface area contributed by atoms with Gasteiger partial charge in [-0.15, -0.1) is 0 Å². The Kier molecular flexibility index (Phi) is 5.15. The van der Waals surface area contributed by atoms with E-state index in [1.165, 1.54) is 24.9 Å². The standard InChI is InChI=1S/C13H12F3N3O2S2/c1-6-4-8(7(5-17-6)13(14,15)16)18-10-9(11(20)21-2)23-12(19-10)22-3/h4-5H,1-3H3,(H,17,18). The van der Waals surface area contributed by atoms with E-state index in [0.29, 0.717) is 10.0 Å². The van der Waals surface area contributed by atoms with Gasteiger partial charge in [0, 0.05) is 11.9 Å². The molecule has 0 fully saturated rings. The van der Waals surface area contributed by atoms with E-state index < -0.39 is 17.7 Å². The monoisotopic (exact) mass is 363 g/mol. The SMILES string of the molecule is COC(=O)c1sc(SC)nc1Nc1cc(C)ncc1C(F)(F)F. The van der Waals surface area contributed by atoms with Crippen molar-refractivity contribution in [1.82, 2.24) is 9.97 Å². The maximum absolute atomic E-state index is 13.1. The van der Waals surface area contributed by atoms with Crippen molar-refractivity contribution in [3.05, 3.63) is 28.4 Å². The number of aryl methyl sites for hydroxylation is 1. The van der Waals surface area contributed by atoms with E-state index in [1.807, 2.05) is 0 Å². The van der Waals surface area contributed by atoms with Crippen LogP contribution < -0.4 is 5.32 Å². The fourth-order valence-corrected chi connectivity index (χ4v) is 3.16. The van der Waals surface area contributed by atoms with Crippen LogP contribution in [0.2, 0.25) is 0 Å². The molecule has 0 aliphatic heterocycles. The number of ether oxygens (including phenoxy) is 1. The summed E-state index contributed by atoms with van der Waals surface area (Å²) < 4.78 is 44.4. The molecule has 0 amide bonds. The van der Waals surface area contributed by atoms with Crippen molar-refractivity contribution in [1.29, 1.82) is 0 Å². The van der Waals surface area contributed by atoms with Crippen LogP contribution in [-0.2, 0) is 10.9 Å². The number of carbonyl (C=O) groups is 1. The van der Waals surface area contributed by atoms with Crippen LogP contribution in [0, 0.1) is 6.92 Å². The van der Waals surface area contributed by atoms with Crippen LogP contribution in [0.4, 0.5) is 24.7 Å². The Bertz CT molecular complexity index is 732. The van der Waals surface area contributed by atoms with Gasteiger partial charge in [-0.2, -0.15) is 13.2 Å². The van der Waals surface area contributed by atoms with Crippen LogP contribution in [0.15, 0.2) is 16.6 Å². The Morgan fingerprint density at radius 3 is 2.70 bits per heavy atom. The second kappa shape index (κ2) is 6.75. The van der Waals surface area contributed by atoms with E-state index in [4.69, 9.17) is 0 Å². The Balaban J connectivity index is 2.49. The van der Waals surface area contributed by atoms with Crippen molar-refractivity contribution in [2.24, 2.45) is 0 Å². The number of thiazole rings is 1. The van der Waals surface area contributed by atoms with Crippen LogP contribution in [0.3, 0.4) is 0 Å². The zero-order chi connectivity index (χ0) is 17.2. The van der Waals surface area contributed by atoms with Gasteiger partial charge in [-0.3, -0.25) is 4.98 Å². The number of rotatable bonds is 4. The first-order valence-electron chi connectivity index (χ1n) is 6.20. The number of aromatic nitrogens is 2. The predicted octanol–water partition coefficient (Wildman–Crippen LogP) is 4.12. The zero-order valence-electron chi connectivity index (χ0n) is 12.3. The van der Waals surface area contributed by atoms with Gasteiger partial charge in [0.05, 0.1) is 18.4 Å². The molecule has 23 heavy (non-hydrogen) atoms. The predicted molar refractivity (Wildman–Crippen MR) is 82.5 cm³/mol. The Hall–Kier alpha value is -1.81. The molecule has 0 radical (unpaired) electrons. The summed E-state index contributed by atoms with van der Waals surface area (Å²) in [4.78, 5) is 19.7. The topological polar surface area (TPSA) is 64.1 Å². The van der Waals surface area contributed by atoms with E-state index in [2.05, 4.69) is 20.0 Å². The summed E-state index contributed by atoms with van der Waals surface area (Å²) in [7, 11) is 1.20. The van der Waals surface area contributed by atoms with Gasteiger partial charge in [0.15, 0.2) is 15.0 Å². The fraction of sp³-hybridized carbons (Fsp3) is 0.308. The lowest BCUT2D eigenvalue weighted by Crippen LogP contribution is -2.11. The molecule has 0 aromatic carbocycles. The van der Waals surface area contributed by atoms with Gasteiger partial charge in [-0.25, -0.2) is 9.78 Å². The summed E-state index contributed by atoms with van der Waals surface area (Å²) in [6.45, 7) is 1.57. The van der Waals surface area contributed by atoms with Crippen molar-refractivity contribution in [2.75, 3.05) is 18.7 Å². The molecule has 0 unspecified atom stereocenters. The van der Waals surface area contributed by atoms with Crippen molar-refractivity contribution in [3.63, 3.8) is 0 Å². The molecule has 2 rings (SSSR count). The van der Waals surface area contributed by atoms with Crippen LogP contribution >= 0.6 is 23.1 Å². The number of pyridine rings is 1. The highest BCUT2D eigenvalue weighted by atomic mass is 32.2. The van der Waals surface area contributed by atoms with Gasteiger partial charge in [-0.05, 0) is 19.2 Å². The highest BCUT2D eigenvalue weighted by molar-refractivity contribution is 8.00. The molecule has 0 saturated carbocycles. The molecule has 0 aliphatic rings. The van der Waals surface area contributed by atoms with Crippen molar-refractivity contribution in [2.45, 2.75) is 17.4 Å². The number of hydrogen-bond acceptors (Lipinski definition) is 7. The molecule has 0 atom stereocenters. The lowest BCUT2D eigenvalue weighted by Gasteiger charge is -2.14. The largest absolute Gasteiger partial charge is 0.465 e. The number of alkyl halides is 3. The number of nitrogens with zero attached hydrogens (tertiary/aromatic N) is 2. The third kappa shape index (κ3) is 3.94. The van der Waals surface area contributed by atoms with Gasteiger partial charge >= 0.3 is 12.1 Å². The summed E-state index contributed by atoms with van der Waals surface area (Å²) in [5.74, 6) is -0.632. The number of hydrogen-bond donors (Lipinski definition) is 1. The van der Waals surface area contributed by atoms with Gasteiger partial charge in [-0.1, -0.05) is 23.1 Å². The number of halogens is 3. The number of esters is 1. The summed E-state index contributed by atoms with van der Waals surface area (Å²) in [6.07, 6.45) is -2.08. The van der Waals surface area contributed by atoms with E-state index in [0.717, 1.165) is 17.5 Å². The molecule has 2 aromatic rings. The Labute approximate surface area is 138 Å². The molecule has 2 aromatic heterocycles. The van der Waals surface area contributed by atoms with Gasteiger partial charge in [0.2, 0.25) is 0 Å². The summed E-state index contributed by atoms with van der Waals surface area (Å²) >= 11 is 2.33. The van der Waals surface area contributed by atoms with Crippen molar-refractivity contribution >= 4 is 40.6 Å². The number of thioether (sulfide) groups is 1. The molecule has 0 saturated heterocycles. The van der Waals surface area contributed by atoms with E-state index in [9.17, 15) is 18.0 Å². The minimum absolute atomic E-state index is 0.0299. The van der Waals surface area contributed by atoms with Crippen molar-refractivity contribution in [3.8, 4) is 0 Å². The van der Waals surface area contributed by atoms with Gasteiger partial charge < -0.3 is 10.1 Å². The third-order valence-corrected chi connectivity index (χ3v) is 4.77. The van der Waals surface area contributed by atoms with Gasteiger partial charge in [0.25, 0.3) is 0 Å². The molecule has 2 heterocycles. The molecule has 10 heteroatoms. The summed E-state index contributed by atoms with van der Waals surface area (Å²) in [5.41, 5.74) is -0.744. The quantitative estimate of drug-likeness (QED) is 0.651. The number of nitrogens with one attached hydrogen (secondary N) is 1. The second-order valence-electron chi connectivity index (χ2n) is 4.35. The first-order chi connectivity index (χ1) is 10.8. The first-order valence-corrected chi connectivity index (χ1v) is 8.24. The normalized spacial score (nSPS) is 11.4. The maximum Gasteiger partial charge on any atom is 0.419 e. The molecule has 5 nitrogen and oxygen atoms in total. The van der Waals surface area contributed by atoms with Crippen LogP contribution in [0.5, 0.6) is 0 Å². The molecule has 0 aliphatic carbocycles. The zero-order valence-corrected chi connectivity index (χ0v) is 13.9. The van der Waals surface area contributed by atoms with Crippen molar-refractivity contribution < 1.29 is 22.7 Å². The summed E-state index contributed by atoms with van der Waals surface area (Å²) in [6, 6.07) is 1.25. The minimum atomic E-state index is -4.58. The number of anilines is 2. The average molecular weight is 363 g/mol. The molecular formula is C13H12F3N3O2S2. The Morgan fingerprint density at radius 1 is 1.43 bits per heavy atom. The molecule has 0 bridgehead atoms. The minimum Gasteiger partial charge on any atom is -0.465 e. The van der Waals surface area contributed by atoms with E-state index in [1.54, 1.807) is 13.2 Å². The maximum atomic E-state index is 13.1. The Morgan fingerprint density at radius 2 is 2.13 bits per heavy atom. The van der Waals surface area contributed by atoms with Gasteiger partial charge in [0.1, 0.15) is 0 Å². The molecule has 124 valence electrons. The molecule has 0 spiro atoms. The molecular weight excluding hydrogens is 351 g/mol. The third-order valence-electron chi connectivity index (χ3n) is 2.75. The molecule has 1 N–H and O–H groups in total. The number of carbonyl (C=O) groups excluding carboxylic acids is 1. The van der Waals surface area contributed by atoms with E-state index >= 15 is 0 Å². The highest BCUT2D eigenvalue weighted by Crippen LogP contribution is 2.38. The second-order valence-corrected chi connectivity index (χ2v) is 6.40. The lowest BCUT2D eigenvalue weighted by atomic mass is 10.2. The average Bonchev–Trinajstić information content (AvgIpc) is 2.88. The fourth-order valence-electron chi connectivity index (χ4n) is 1.72. The summed E-state index contributed by atoms with van der Waals surface area (Å²) in [5, 5.41) is 2.58. The van der Waals surface area contributed by atoms with Crippen LogP contribution in [0.25, 0.3) is 0 Å². The first kappa shape index (κ1) is 17.5. The smallest absolute Gasteiger partial charge is 0.419 e. The lowest BCUT2D eigenvalue weighted by molar-refractivity contribution is -0.137. The highest BCUT2D eigenvalue weighted by Gasteiger charge is 2.34. The van der Waals surface area contributed by atoms with Crippen LogP contribution in [-0.4, -0.2) is 29.3 Å². The van der Waals surface area contributed by atoms with E-state index in [-0.39, 0.29) is 16.4 Å². The number of methoxy groups -OCH3 is 1.